The number of hydrogen-bond acceptors (Lipinski definition) is 3. The molecule has 2 heterocycles. The quantitative estimate of drug-likeness (QED) is 0.781. The lowest BCUT2D eigenvalue weighted by Crippen LogP contribution is -2.30. The molecule has 5 nitrogen and oxygen atoms in total. The van der Waals surface area contributed by atoms with Gasteiger partial charge in [-0.1, -0.05) is 35.9 Å². The first-order valence-electron chi connectivity index (χ1n) is 5.97. The van der Waals surface area contributed by atoms with Crippen molar-refractivity contribution < 1.29 is 0 Å². The topological polar surface area (TPSA) is 67.8 Å². The molecule has 2 aromatic heterocycles. The summed E-state index contributed by atoms with van der Waals surface area (Å²) in [4.78, 5) is 29.5. The van der Waals surface area contributed by atoms with Crippen LogP contribution in [-0.2, 0) is 6.54 Å². The summed E-state index contributed by atoms with van der Waals surface area (Å²) >= 11 is 5.72. The van der Waals surface area contributed by atoms with Gasteiger partial charge >= 0.3 is 5.69 Å². The minimum Gasteiger partial charge on any atom is -0.293 e. The molecule has 100 valence electrons. The van der Waals surface area contributed by atoms with Crippen LogP contribution in [-0.4, -0.2) is 14.5 Å². The van der Waals surface area contributed by atoms with Crippen LogP contribution in [0.1, 0.15) is 5.69 Å². The number of nitrogens with one attached hydrogen (secondary N) is 1. The number of pyridine rings is 1. The molecule has 3 rings (SSSR count). The molecule has 20 heavy (non-hydrogen) atoms. The van der Waals surface area contributed by atoms with Crippen molar-refractivity contribution in [1.82, 2.24) is 14.5 Å². The molecule has 0 aliphatic carbocycles. The lowest BCUT2D eigenvalue weighted by atomic mass is 10.2. The van der Waals surface area contributed by atoms with Crippen LogP contribution < -0.4 is 11.2 Å². The normalized spacial score (nSPS) is 10.8. The van der Waals surface area contributed by atoms with E-state index in [0.717, 1.165) is 10.9 Å². The van der Waals surface area contributed by atoms with Crippen LogP contribution in [0.5, 0.6) is 0 Å². The fourth-order valence-corrected chi connectivity index (χ4v) is 2.14. The van der Waals surface area contributed by atoms with Gasteiger partial charge in [-0.05, 0) is 12.1 Å². The molecule has 0 fully saturated rings. The van der Waals surface area contributed by atoms with E-state index in [-0.39, 0.29) is 11.6 Å². The van der Waals surface area contributed by atoms with Crippen molar-refractivity contribution in [3.63, 3.8) is 0 Å². The average Bonchev–Trinajstić information content (AvgIpc) is 2.44. The molecule has 0 aliphatic rings. The summed E-state index contributed by atoms with van der Waals surface area (Å²) in [6.45, 7) is 0.250. The van der Waals surface area contributed by atoms with Gasteiger partial charge in [0.2, 0.25) is 0 Å². The number of fused-ring (bicyclic) bond motifs is 1. The molecule has 0 amide bonds. The maximum Gasteiger partial charge on any atom is 0.328 e. The van der Waals surface area contributed by atoms with Crippen molar-refractivity contribution >= 4 is 22.5 Å². The Bertz CT molecular complexity index is 899. The van der Waals surface area contributed by atoms with Crippen molar-refractivity contribution in [2.45, 2.75) is 6.54 Å². The van der Waals surface area contributed by atoms with Gasteiger partial charge in [0, 0.05) is 11.6 Å². The number of aromatic nitrogens is 3. The Morgan fingerprint density at radius 3 is 2.80 bits per heavy atom. The van der Waals surface area contributed by atoms with Crippen molar-refractivity contribution in [2.75, 3.05) is 0 Å². The van der Waals surface area contributed by atoms with Crippen LogP contribution in [0, 0.1) is 0 Å². The van der Waals surface area contributed by atoms with Crippen molar-refractivity contribution in [2.24, 2.45) is 0 Å². The number of H-pyrrole nitrogens is 1. The summed E-state index contributed by atoms with van der Waals surface area (Å²) in [6, 6.07) is 11.5. The highest BCUT2D eigenvalue weighted by Crippen LogP contribution is 2.12. The molecule has 0 bridgehead atoms. The van der Waals surface area contributed by atoms with E-state index in [9.17, 15) is 9.59 Å². The van der Waals surface area contributed by atoms with E-state index in [1.807, 2.05) is 36.4 Å². The van der Waals surface area contributed by atoms with E-state index < -0.39 is 11.2 Å². The van der Waals surface area contributed by atoms with Gasteiger partial charge in [-0.15, -0.1) is 0 Å². The third-order valence-electron chi connectivity index (χ3n) is 2.96. The van der Waals surface area contributed by atoms with E-state index in [4.69, 9.17) is 11.6 Å². The van der Waals surface area contributed by atoms with Crippen molar-refractivity contribution in [1.29, 1.82) is 0 Å². The molecule has 0 spiro atoms. The number of aromatic amines is 1. The van der Waals surface area contributed by atoms with Crippen LogP contribution in [0.15, 0.2) is 52.2 Å². The van der Waals surface area contributed by atoms with Crippen LogP contribution in [0.2, 0.25) is 5.02 Å². The number of para-hydroxylation sites is 1. The second-order valence-electron chi connectivity index (χ2n) is 4.36. The first-order chi connectivity index (χ1) is 9.63. The predicted octanol–water partition coefficient (Wildman–Crippen LogP) is 1.79. The van der Waals surface area contributed by atoms with Gasteiger partial charge in [-0.2, -0.15) is 0 Å². The maximum atomic E-state index is 11.7. The summed E-state index contributed by atoms with van der Waals surface area (Å²) in [5, 5.41) is 1.01. The lowest BCUT2D eigenvalue weighted by Gasteiger charge is -2.06. The molecule has 0 saturated carbocycles. The van der Waals surface area contributed by atoms with E-state index in [0.29, 0.717) is 5.69 Å². The Kier molecular flexibility index (Phi) is 3.12. The minimum absolute atomic E-state index is 0.0228. The van der Waals surface area contributed by atoms with Gasteiger partial charge in [0.1, 0.15) is 5.02 Å². The van der Waals surface area contributed by atoms with E-state index in [1.54, 1.807) is 0 Å². The molecule has 6 heteroatoms. The summed E-state index contributed by atoms with van der Waals surface area (Å²) < 4.78 is 1.32. The summed E-state index contributed by atoms with van der Waals surface area (Å²) in [7, 11) is 0. The van der Waals surface area contributed by atoms with E-state index in [1.165, 1.54) is 10.8 Å². The summed E-state index contributed by atoms with van der Waals surface area (Å²) in [5.74, 6) is 0. The standard InChI is InChI=1S/C14H10ClN3O2/c15-11-8-18(14(20)17-13(11)19)7-10-6-5-9-3-1-2-4-12(9)16-10/h1-6,8H,7H2,(H,17,19,20). The van der Waals surface area contributed by atoms with Gasteiger partial charge < -0.3 is 0 Å². The fraction of sp³-hybridized carbons (Fsp3) is 0.0714. The molecular weight excluding hydrogens is 278 g/mol. The average molecular weight is 288 g/mol. The molecule has 0 radical (unpaired) electrons. The highest BCUT2D eigenvalue weighted by Gasteiger charge is 2.04. The van der Waals surface area contributed by atoms with Crippen LogP contribution >= 0.6 is 11.6 Å². The third-order valence-corrected chi connectivity index (χ3v) is 3.23. The Hall–Kier alpha value is -2.40. The first kappa shape index (κ1) is 12.6. The van der Waals surface area contributed by atoms with Crippen molar-refractivity contribution in [3.05, 3.63) is 74.1 Å². The molecule has 0 unspecified atom stereocenters. The minimum atomic E-state index is -0.584. The number of rotatable bonds is 2. The Morgan fingerprint density at radius 1 is 1.15 bits per heavy atom. The second-order valence-corrected chi connectivity index (χ2v) is 4.77. The molecule has 0 atom stereocenters. The number of benzene rings is 1. The zero-order valence-corrected chi connectivity index (χ0v) is 11.1. The van der Waals surface area contributed by atoms with Gasteiger partial charge in [-0.3, -0.25) is 19.3 Å². The molecule has 0 aliphatic heterocycles. The second kappa shape index (κ2) is 4.94. The van der Waals surface area contributed by atoms with Crippen LogP contribution in [0.25, 0.3) is 10.9 Å². The Balaban J connectivity index is 2.03. The molecule has 0 saturated heterocycles. The SMILES string of the molecule is O=c1[nH]c(=O)n(Cc2ccc3ccccc3n2)cc1Cl. The van der Waals surface area contributed by atoms with Gasteiger partial charge in [0.25, 0.3) is 5.56 Å². The highest BCUT2D eigenvalue weighted by molar-refractivity contribution is 6.30. The fourth-order valence-electron chi connectivity index (χ4n) is 1.97. The molecule has 1 aromatic carbocycles. The van der Waals surface area contributed by atoms with Crippen LogP contribution in [0.3, 0.4) is 0 Å². The zero-order chi connectivity index (χ0) is 14.1. The summed E-state index contributed by atoms with van der Waals surface area (Å²) in [6.07, 6.45) is 1.32. The Morgan fingerprint density at radius 2 is 1.95 bits per heavy atom. The molecule has 1 N–H and O–H groups in total. The smallest absolute Gasteiger partial charge is 0.293 e. The Labute approximate surface area is 118 Å². The molecule has 3 aromatic rings. The van der Waals surface area contributed by atoms with Gasteiger partial charge in [-0.25, -0.2) is 4.79 Å². The number of nitrogens with zero attached hydrogens (tertiary/aromatic N) is 2. The number of halogens is 1. The van der Waals surface area contributed by atoms with E-state index >= 15 is 0 Å². The zero-order valence-electron chi connectivity index (χ0n) is 10.3. The van der Waals surface area contributed by atoms with E-state index in [2.05, 4.69) is 9.97 Å². The van der Waals surface area contributed by atoms with Gasteiger partial charge in [0.15, 0.2) is 0 Å². The third kappa shape index (κ3) is 2.35. The first-order valence-corrected chi connectivity index (χ1v) is 6.35. The largest absolute Gasteiger partial charge is 0.328 e. The monoisotopic (exact) mass is 287 g/mol. The molecular formula is C14H10ClN3O2. The summed E-state index contributed by atoms with van der Waals surface area (Å²) in [5.41, 5.74) is 0.483. The highest BCUT2D eigenvalue weighted by atomic mass is 35.5. The maximum absolute atomic E-state index is 11.7. The van der Waals surface area contributed by atoms with Gasteiger partial charge in [0.05, 0.1) is 17.8 Å². The van der Waals surface area contributed by atoms with Crippen LogP contribution in [0.4, 0.5) is 0 Å². The number of hydrogen-bond donors (Lipinski definition) is 1. The lowest BCUT2D eigenvalue weighted by molar-refractivity contribution is 0.708. The van der Waals surface area contributed by atoms with Crippen molar-refractivity contribution in [3.8, 4) is 0 Å². The predicted molar refractivity (Wildman–Crippen MR) is 77.2 cm³/mol.